The maximum absolute atomic E-state index is 14.1. The maximum Gasteiger partial charge on any atom is 0.431 e. The molecule has 0 fully saturated rings. The van der Waals surface area contributed by atoms with Gasteiger partial charge in [-0.25, -0.2) is 29.4 Å². The number of benzene rings is 1. The van der Waals surface area contributed by atoms with Crippen molar-refractivity contribution in [3.8, 4) is 0 Å². The van der Waals surface area contributed by atoms with E-state index in [9.17, 15) is 19.1 Å². The standard InChI is InChI=1S/C14H14FN5O5S/c1-26-12-16-5-7(6-21)11(18-12)17-10-4-8(2-3-9(10)15)20(14(24)25)19-13(22)23/h2-5,19,21H,6H2,1H3,(H,22,23)(H,24,25)(H,16,17,18). The van der Waals surface area contributed by atoms with Crippen LogP contribution in [0.3, 0.4) is 0 Å². The van der Waals surface area contributed by atoms with Gasteiger partial charge in [-0.15, -0.1) is 0 Å². The first-order chi connectivity index (χ1) is 12.3. The zero-order chi connectivity index (χ0) is 19.3. The van der Waals surface area contributed by atoms with E-state index in [1.807, 2.05) is 0 Å². The molecule has 0 radical (unpaired) electrons. The van der Waals surface area contributed by atoms with Crippen molar-refractivity contribution in [3.05, 3.63) is 35.8 Å². The minimum absolute atomic E-state index is 0.135. The molecule has 0 spiro atoms. The molecule has 5 N–H and O–H groups in total. The van der Waals surface area contributed by atoms with Crippen LogP contribution >= 0.6 is 11.8 Å². The number of aliphatic hydroxyl groups is 1. The van der Waals surface area contributed by atoms with Gasteiger partial charge in [0.2, 0.25) is 0 Å². The van der Waals surface area contributed by atoms with Gasteiger partial charge in [0.15, 0.2) is 5.16 Å². The largest absolute Gasteiger partial charge is 0.464 e. The van der Waals surface area contributed by atoms with Crippen LogP contribution in [0.1, 0.15) is 5.56 Å². The Morgan fingerprint density at radius 3 is 2.65 bits per heavy atom. The molecule has 10 nitrogen and oxygen atoms in total. The van der Waals surface area contributed by atoms with Gasteiger partial charge >= 0.3 is 12.2 Å². The molecule has 0 aliphatic rings. The molecule has 1 heterocycles. The summed E-state index contributed by atoms with van der Waals surface area (Å²) in [6.45, 7) is -0.403. The quantitative estimate of drug-likeness (QED) is 0.298. The van der Waals surface area contributed by atoms with Crippen LogP contribution in [-0.2, 0) is 6.61 Å². The Bertz CT molecular complexity index is 837. The number of hydrazine groups is 1. The lowest BCUT2D eigenvalue weighted by Crippen LogP contribution is -2.45. The number of hydrogen-bond donors (Lipinski definition) is 5. The highest BCUT2D eigenvalue weighted by Crippen LogP contribution is 2.27. The number of anilines is 3. The molecule has 0 saturated heterocycles. The minimum Gasteiger partial charge on any atom is -0.464 e. The molecule has 1 aromatic carbocycles. The molecular formula is C14H14FN5O5S. The summed E-state index contributed by atoms with van der Waals surface area (Å²) in [6, 6.07) is 3.14. The summed E-state index contributed by atoms with van der Waals surface area (Å²) in [5.41, 5.74) is 1.67. The van der Waals surface area contributed by atoms with E-state index >= 15 is 0 Å². The number of carbonyl (C=O) groups is 2. The predicted molar refractivity (Wildman–Crippen MR) is 91.1 cm³/mol. The number of nitrogens with one attached hydrogen (secondary N) is 2. The summed E-state index contributed by atoms with van der Waals surface area (Å²) in [6.07, 6.45) is -0.0957. The normalized spacial score (nSPS) is 10.3. The summed E-state index contributed by atoms with van der Waals surface area (Å²) in [4.78, 5) is 30.1. The van der Waals surface area contributed by atoms with Crippen LogP contribution in [0.15, 0.2) is 29.6 Å². The van der Waals surface area contributed by atoms with Gasteiger partial charge in [0.25, 0.3) is 0 Å². The average molecular weight is 383 g/mol. The Labute approximate surface area is 150 Å². The van der Waals surface area contributed by atoms with Gasteiger partial charge in [-0.05, 0) is 24.5 Å². The van der Waals surface area contributed by atoms with Crippen molar-refractivity contribution < 1.29 is 29.3 Å². The number of thioether (sulfide) groups is 1. The van der Waals surface area contributed by atoms with E-state index in [4.69, 9.17) is 10.2 Å². The molecule has 2 amide bonds. The lowest BCUT2D eigenvalue weighted by molar-refractivity contribution is 0.181. The third-order valence-electron chi connectivity index (χ3n) is 3.06. The van der Waals surface area contributed by atoms with Crippen LogP contribution in [0.2, 0.25) is 0 Å². The van der Waals surface area contributed by atoms with E-state index in [-0.39, 0.29) is 17.2 Å². The van der Waals surface area contributed by atoms with Gasteiger partial charge in [-0.2, -0.15) is 5.01 Å². The van der Waals surface area contributed by atoms with Gasteiger partial charge < -0.3 is 20.6 Å². The topological polar surface area (TPSA) is 148 Å². The van der Waals surface area contributed by atoms with Crippen molar-refractivity contribution in [2.24, 2.45) is 0 Å². The maximum atomic E-state index is 14.1. The van der Waals surface area contributed by atoms with Gasteiger partial charge in [-0.1, -0.05) is 11.8 Å². The summed E-state index contributed by atoms with van der Waals surface area (Å²) < 4.78 is 14.1. The smallest absolute Gasteiger partial charge is 0.431 e. The molecule has 26 heavy (non-hydrogen) atoms. The summed E-state index contributed by atoms with van der Waals surface area (Å²) in [5, 5.41) is 30.5. The number of nitrogens with zero attached hydrogens (tertiary/aromatic N) is 3. The molecule has 12 heteroatoms. The second kappa shape index (κ2) is 8.31. The molecule has 0 atom stereocenters. The first-order valence-electron chi connectivity index (χ1n) is 6.95. The first kappa shape index (κ1) is 19.2. The Morgan fingerprint density at radius 2 is 2.08 bits per heavy atom. The van der Waals surface area contributed by atoms with E-state index in [1.165, 1.54) is 18.0 Å². The third-order valence-corrected chi connectivity index (χ3v) is 3.62. The van der Waals surface area contributed by atoms with Crippen LogP contribution in [0.4, 0.5) is 31.2 Å². The van der Waals surface area contributed by atoms with Gasteiger partial charge in [0, 0.05) is 11.8 Å². The lowest BCUT2D eigenvalue weighted by Gasteiger charge is -2.19. The number of aromatic nitrogens is 2. The first-order valence-corrected chi connectivity index (χ1v) is 8.18. The van der Waals surface area contributed by atoms with E-state index in [0.29, 0.717) is 15.7 Å². The van der Waals surface area contributed by atoms with Crippen molar-refractivity contribution >= 4 is 41.1 Å². The Kier molecular flexibility index (Phi) is 6.14. The molecule has 2 aromatic rings. The van der Waals surface area contributed by atoms with Crippen LogP contribution in [0.25, 0.3) is 0 Å². The van der Waals surface area contributed by atoms with Crippen LogP contribution in [-0.4, -0.2) is 43.7 Å². The molecule has 0 aliphatic carbocycles. The lowest BCUT2D eigenvalue weighted by atomic mass is 10.2. The molecule has 0 aliphatic heterocycles. The number of rotatable bonds is 5. The Hall–Kier alpha value is -3.12. The monoisotopic (exact) mass is 383 g/mol. The summed E-state index contributed by atoms with van der Waals surface area (Å²) in [7, 11) is 0. The zero-order valence-corrected chi connectivity index (χ0v) is 14.1. The van der Waals surface area contributed by atoms with Crippen molar-refractivity contribution in [2.75, 3.05) is 16.6 Å². The number of halogens is 1. The second-order valence-electron chi connectivity index (χ2n) is 4.71. The molecule has 0 bridgehead atoms. The van der Waals surface area contributed by atoms with Crippen molar-refractivity contribution in [1.29, 1.82) is 0 Å². The minimum atomic E-state index is -1.60. The zero-order valence-electron chi connectivity index (χ0n) is 13.3. The highest BCUT2D eigenvalue weighted by atomic mass is 32.2. The molecule has 0 saturated carbocycles. The van der Waals surface area contributed by atoms with E-state index in [1.54, 1.807) is 11.7 Å². The number of amides is 2. The number of aliphatic hydroxyl groups excluding tert-OH is 1. The van der Waals surface area contributed by atoms with E-state index in [0.717, 1.165) is 18.2 Å². The number of hydrogen-bond acceptors (Lipinski definition) is 7. The van der Waals surface area contributed by atoms with Crippen LogP contribution in [0, 0.1) is 5.82 Å². The summed E-state index contributed by atoms with van der Waals surface area (Å²) in [5.74, 6) is -0.599. The molecule has 1 aromatic heterocycles. The fourth-order valence-electron chi connectivity index (χ4n) is 1.91. The van der Waals surface area contributed by atoms with Crippen molar-refractivity contribution in [1.82, 2.24) is 15.4 Å². The second-order valence-corrected chi connectivity index (χ2v) is 5.49. The van der Waals surface area contributed by atoms with E-state index in [2.05, 4.69) is 15.3 Å². The van der Waals surface area contributed by atoms with E-state index < -0.39 is 24.6 Å². The Balaban J connectivity index is 2.41. The third kappa shape index (κ3) is 4.49. The number of carboxylic acid groups (broad SMARTS) is 2. The predicted octanol–water partition coefficient (Wildman–Crippen LogP) is 2.24. The van der Waals surface area contributed by atoms with Crippen LogP contribution < -0.4 is 15.8 Å². The van der Waals surface area contributed by atoms with Crippen molar-refractivity contribution in [2.45, 2.75) is 11.8 Å². The van der Waals surface area contributed by atoms with Gasteiger partial charge in [0.05, 0.1) is 18.0 Å². The molecule has 0 unspecified atom stereocenters. The average Bonchev–Trinajstić information content (AvgIpc) is 2.61. The highest BCUT2D eigenvalue weighted by molar-refractivity contribution is 7.98. The van der Waals surface area contributed by atoms with Gasteiger partial charge in [-0.3, -0.25) is 0 Å². The Morgan fingerprint density at radius 1 is 1.35 bits per heavy atom. The highest BCUT2D eigenvalue weighted by Gasteiger charge is 2.19. The fourth-order valence-corrected chi connectivity index (χ4v) is 2.25. The fraction of sp³-hybridized carbons (Fsp3) is 0.143. The SMILES string of the molecule is CSc1ncc(CO)c(Nc2cc(N(NC(=O)O)C(=O)O)ccc2F)n1. The van der Waals surface area contributed by atoms with Gasteiger partial charge in [0.1, 0.15) is 11.6 Å². The summed E-state index contributed by atoms with van der Waals surface area (Å²) >= 11 is 1.24. The molecule has 2 rings (SSSR count). The molecular weight excluding hydrogens is 369 g/mol. The van der Waals surface area contributed by atoms with Crippen LogP contribution in [0.5, 0.6) is 0 Å². The van der Waals surface area contributed by atoms with Crippen molar-refractivity contribution in [3.63, 3.8) is 0 Å². The molecule has 138 valence electrons.